The van der Waals surface area contributed by atoms with Gasteiger partial charge in [-0.1, -0.05) is 0 Å². The maximum Gasteiger partial charge on any atom is 0.225 e. The van der Waals surface area contributed by atoms with Crippen molar-refractivity contribution in [1.82, 2.24) is 10.2 Å². The lowest BCUT2D eigenvalue weighted by atomic mass is 9.58. The summed E-state index contributed by atoms with van der Waals surface area (Å²) in [6.45, 7) is 2.26. The lowest BCUT2D eigenvalue weighted by Crippen LogP contribution is -2.62. The van der Waals surface area contributed by atoms with Crippen LogP contribution in [-0.4, -0.2) is 38.0 Å². The topological polar surface area (TPSA) is 32.3 Å². The summed E-state index contributed by atoms with van der Waals surface area (Å²) in [5.41, 5.74) is 0.524. The minimum atomic E-state index is 0.313. The first kappa shape index (κ1) is 8.05. The third-order valence-corrected chi connectivity index (χ3v) is 3.15. The Labute approximate surface area is 73.1 Å². The van der Waals surface area contributed by atoms with Crippen molar-refractivity contribution >= 4 is 5.91 Å². The Morgan fingerprint density at radius 3 is 2.33 bits per heavy atom. The molecule has 1 saturated carbocycles. The van der Waals surface area contributed by atoms with E-state index in [0.29, 0.717) is 17.2 Å². The number of carbonyl (C=O) groups excluding carboxylic acids is 1. The quantitative estimate of drug-likeness (QED) is 0.601. The van der Waals surface area contributed by atoms with Gasteiger partial charge in [-0.3, -0.25) is 4.79 Å². The van der Waals surface area contributed by atoms with Gasteiger partial charge in [-0.2, -0.15) is 0 Å². The average molecular weight is 168 g/mol. The first-order valence-electron chi connectivity index (χ1n) is 4.55. The Kier molecular flexibility index (Phi) is 1.65. The average Bonchev–Trinajstić information content (AvgIpc) is 1.80. The molecular weight excluding hydrogens is 152 g/mol. The summed E-state index contributed by atoms with van der Waals surface area (Å²) in [5, 5.41) is 3.27. The molecule has 1 amide bonds. The molecule has 68 valence electrons. The predicted molar refractivity (Wildman–Crippen MR) is 46.7 cm³/mol. The molecule has 0 aromatic heterocycles. The van der Waals surface area contributed by atoms with E-state index in [-0.39, 0.29) is 0 Å². The van der Waals surface area contributed by atoms with E-state index >= 15 is 0 Å². The molecule has 1 saturated heterocycles. The number of rotatable bonds is 1. The van der Waals surface area contributed by atoms with Crippen molar-refractivity contribution in [2.75, 3.05) is 27.2 Å². The van der Waals surface area contributed by atoms with E-state index in [1.54, 1.807) is 4.90 Å². The second-order valence-corrected chi connectivity index (χ2v) is 4.44. The van der Waals surface area contributed by atoms with Crippen molar-refractivity contribution < 1.29 is 4.79 Å². The summed E-state index contributed by atoms with van der Waals surface area (Å²) in [6.07, 6.45) is 2.22. The van der Waals surface area contributed by atoms with Gasteiger partial charge in [-0.25, -0.2) is 0 Å². The summed E-state index contributed by atoms with van der Waals surface area (Å²) in [6, 6.07) is 0. The van der Waals surface area contributed by atoms with Gasteiger partial charge >= 0.3 is 0 Å². The molecule has 2 fully saturated rings. The number of carbonyl (C=O) groups is 1. The summed E-state index contributed by atoms with van der Waals surface area (Å²) in [4.78, 5) is 13.2. The molecule has 3 heteroatoms. The van der Waals surface area contributed by atoms with Gasteiger partial charge in [0.25, 0.3) is 0 Å². The highest BCUT2D eigenvalue weighted by Crippen LogP contribution is 2.48. The molecule has 0 aromatic carbocycles. The van der Waals surface area contributed by atoms with Gasteiger partial charge in [-0.15, -0.1) is 0 Å². The smallest absolute Gasteiger partial charge is 0.225 e. The van der Waals surface area contributed by atoms with Gasteiger partial charge in [0.15, 0.2) is 0 Å². The fraction of sp³-hybridized carbons (Fsp3) is 0.889. The number of amides is 1. The Hall–Kier alpha value is -0.570. The third-order valence-electron chi connectivity index (χ3n) is 3.15. The molecule has 1 N–H and O–H groups in total. The van der Waals surface area contributed by atoms with Gasteiger partial charge in [0.2, 0.25) is 5.91 Å². The van der Waals surface area contributed by atoms with Gasteiger partial charge in [0.05, 0.1) is 0 Å². The molecule has 0 unspecified atom stereocenters. The number of nitrogens with zero attached hydrogens (tertiary/aromatic N) is 1. The third kappa shape index (κ3) is 1.04. The Morgan fingerprint density at radius 2 is 2.00 bits per heavy atom. The normalized spacial score (nSPS) is 26.2. The van der Waals surface area contributed by atoms with Crippen molar-refractivity contribution in [1.29, 1.82) is 0 Å². The Morgan fingerprint density at radius 1 is 1.42 bits per heavy atom. The Balaban J connectivity index is 1.84. The van der Waals surface area contributed by atoms with E-state index in [4.69, 9.17) is 0 Å². The molecule has 1 aliphatic carbocycles. The minimum absolute atomic E-state index is 0.313. The lowest BCUT2D eigenvalue weighted by molar-refractivity contribution is -0.143. The van der Waals surface area contributed by atoms with E-state index in [9.17, 15) is 4.79 Å². The zero-order valence-electron chi connectivity index (χ0n) is 7.76. The van der Waals surface area contributed by atoms with Crippen LogP contribution in [-0.2, 0) is 4.79 Å². The van der Waals surface area contributed by atoms with Crippen LogP contribution >= 0.6 is 0 Å². The van der Waals surface area contributed by atoms with Crippen LogP contribution in [0.1, 0.15) is 12.8 Å². The maximum absolute atomic E-state index is 11.5. The van der Waals surface area contributed by atoms with Crippen LogP contribution in [0.2, 0.25) is 0 Å². The standard InChI is InChI=1S/C9H16N2O/c1-11(2)8(12)7-3-9(4-7)5-10-6-9/h7,10H,3-6H2,1-2H3. The van der Waals surface area contributed by atoms with Gasteiger partial charge in [-0.05, 0) is 18.3 Å². The van der Waals surface area contributed by atoms with Crippen LogP contribution in [0.4, 0.5) is 0 Å². The molecule has 0 atom stereocenters. The van der Waals surface area contributed by atoms with Crippen molar-refractivity contribution in [3.05, 3.63) is 0 Å². The van der Waals surface area contributed by atoms with Crippen molar-refractivity contribution in [3.8, 4) is 0 Å². The van der Waals surface area contributed by atoms with Crippen molar-refractivity contribution in [3.63, 3.8) is 0 Å². The van der Waals surface area contributed by atoms with E-state index < -0.39 is 0 Å². The molecular formula is C9H16N2O. The molecule has 0 bridgehead atoms. The molecule has 0 aromatic rings. The van der Waals surface area contributed by atoms with E-state index in [0.717, 1.165) is 25.9 Å². The molecule has 3 nitrogen and oxygen atoms in total. The van der Waals surface area contributed by atoms with Crippen molar-refractivity contribution in [2.24, 2.45) is 11.3 Å². The second-order valence-electron chi connectivity index (χ2n) is 4.44. The van der Waals surface area contributed by atoms with Gasteiger partial charge in [0, 0.05) is 33.1 Å². The van der Waals surface area contributed by atoms with Gasteiger partial charge in [0.1, 0.15) is 0 Å². The lowest BCUT2D eigenvalue weighted by Gasteiger charge is -2.54. The van der Waals surface area contributed by atoms with Crippen LogP contribution in [0.15, 0.2) is 0 Å². The summed E-state index contributed by atoms with van der Waals surface area (Å²) < 4.78 is 0. The molecule has 1 aliphatic heterocycles. The van der Waals surface area contributed by atoms with Crippen LogP contribution < -0.4 is 5.32 Å². The molecule has 2 rings (SSSR count). The number of hydrogen-bond acceptors (Lipinski definition) is 2. The molecule has 0 radical (unpaired) electrons. The maximum atomic E-state index is 11.5. The van der Waals surface area contributed by atoms with Gasteiger partial charge < -0.3 is 10.2 Å². The zero-order chi connectivity index (χ0) is 8.77. The molecule has 2 aliphatic rings. The first-order valence-corrected chi connectivity index (χ1v) is 4.55. The van der Waals surface area contributed by atoms with E-state index in [1.165, 1.54) is 0 Å². The van der Waals surface area contributed by atoms with Crippen molar-refractivity contribution in [2.45, 2.75) is 12.8 Å². The zero-order valence-corrected chi connectivity index (χ0v) is 7.76. The summed E-state index contributed by atoms with van der Waals surface area (Å²) in [7, 11) is 3.68. The van der Waals surface area contributed by atoms with Crippen LogP contribution in [0.25, 0.3) is 0 Å². The summed E-state index contributed by atoms with van der Waals surface area (Å²) >= 11 is 0. The molecule has 1 heterocycles. The van der Waals surface area contributed by atoms with E-state index in [1.807, 2.05) is 14.1 Å². The fourth-order valence-electron chi connectivity index (χ4n) is 2.29. The highest BCUT2D eigenvalue weighted by Gasteiger charge is 2.51. The largest absolute Gasteiger partial charge is 0.349 e. The molecule has 12 heavy (non-hydrogen) atoms. The van der Waals surface area contributed by atoms with E-state index in [2.05, 4.69) is 5.32 Å². The molecule has 1 spiro atoms. The first-order chi connectivity index (χ1) is 5.63. The highest BCUT2D eigenvalue weighted by molar-refractivity contribution is 5.79. The monoisotopic (exact) mass is 168 g/mol. The SMILES string of the molecule is CN(C)C(=O)C1CC2(CNC2)C1. The van der Waals surface area contributed by atoms with Crippen LogP contribution in [0.5, 0.6) is 0 Å². The van der Waals surface area contributed by atoms with Crippen LogP contribution in [0.3, 0.4) is 0 Å². The van der Waals surface area contributed by atoms with Crippen LogP contribution in [0, 0.1) is 11.3 Å². The Bertz CT molecular complexity index is 201. The second kappa shape index (κ2) is 2.46. The summed E-state index contributed by atoms with van der Waals surface area (Å²) in [5.74, 6) is 0.634. The fourth-order valence-corrected chi connectivity index (χ4v) is 2.29. The number of nitrogens with one attached hydrogen (secondary N) is 1. The number of hydrogen-bond donors (Lipinski definition) is 1. The predicted octanol–water partition coefficient (Wildman–Crippen LogP) is 0.0742. The highest BCUT2D eigenvalue weighted by atomic mass is 16.2. The minimum Gasteiger partial charge on any atom is -0.349 e.